The van der Waals surface area contributed by atoms with Gasteiger partial charge in [0.05, 0.1) is 30.5 Å². The summed E-state index contributed by atoms with van der Waals surface area (Å²) in [5.41, 5.74) is 11.2. The topological polar surface area (TPSA) is 124 Å². The van der Waals surface area contributed by atoms with Crippen LogP contribution in [0, 0.1) is 6.92 Å². The van der Waals surface area contributed by atoms with Crippen LogP contribution in [0.3, 0.4) is 0 Å². The van der Waals surface area contributed by atoms with Crippen molar-refractivity contribution < 1.29 is 4.74 Å². The minimum atomic E-state index is -0.189. The van der Waals surface area contributed by atoms with Crippen molar-refractivity contribution in [2.45, 2.75) is 33.1 Å². The number of fused-ring (bicyclic) bond motifs is 1. The second-order valence-electron chi connectivity index (χ2n) is 11.5. The average molecular weight is 563 g/mol. The number of aromatic nitrogens is 5. The number of ether oxygens (including phenoxy) is 1. The minimum Gasteiger partial charge on any atom is -0.378 e. The van der Waals surface area contributed by atoms with Gasteiger partial charge in [-0.2, -0.15) is 24.7 Å². The SMILES string of the molecule is Cc1c(-c2nc(N)nc(Nc3ccc(N4CCOCC4)cc3)n2)cccc1-n1ncc2cc(C(C)(C)C)ccc2c1=O. The number of hydrogen-bond donors (Lipinski definition) is 2. The molecule has 5 aromatic rings. The molecule has 0 amide bonds. The molecule has 6 rings (SSSR count). The Balaban J connectivity index is 1.31. The molecular formula is C32H34N8O2. The number of nitrogens with one attached hydrogen (secondary N) is 1. The number of morpholine rings is 1. The standard InChI is InChI=1S/C32H34N8O2/c1-20-25(6-5-7-27(20)40-29(41)26-13-8-22(32(2,3)4)18-21(26)19-34-40)28-36-30(33)38-31(37-28)35-23-9-11-24(12-10-23)39-14-16-42-17-15-39/h5-13,18-19H,14-17H2,1-4H3,(H3,33,35,36,37,38). The van der Waals surface area contributed by atoms with Gasteiger partial charge < -0.3 is 20.7 Å². The van der Waals surface area contributed by atoms with Gasteiger partial charge >= 0.3 is 0 Å². The van der Waals surface area contributed by atoms with Crippen molar-refractivity contribution >= 4 is 34.0 Å². The highest BCUT2D eigenvalue weighted by molar-refractivity contribution is 5.82. The number of rotatable bonds is 5. The van der Waals surface area contributed by atoms with Crippen molar-refractivity contribution in [1.82, 2.24) is 24.7 Å². The van der Waals surface area contributed by atoms with E-state index in [1.165, 1.54) is 4.68 Å². The van der Waals surface area contributed by atoms with Gasteiger partial charge in [-0.1, -0.05) is 39.0 Å². The molecule has 10 nitrogen and oxygen atoms in total. The van der Waals surface area contributed by atoms with Crippen LogP contribution in [0.2, 0.25) is 0 Å². The van der Waals surface area contributed by atoms with E-state index in [2.05, 4.69) is 63.2 Å². The molecule has 0 bridgehead atoms. The van der Waals surface area contributed by atoms with Gasteiger partial charge in [-0.05, 0) is 65.9 Å². The molecule has 10 heteroatoms. The normalized spacial score (nSPS) is 13.9. The molecule has 1 aliphatic rings. The maximum atomic E-state index is 13.5. The van der Waals surface area contributed by atoms with Crippen molar-refractivity contribution in [3.8, 4) is 17.1 Å². The molecule has 0 atom stereocenters. The van der Waals surface area contributed by atoms with E-state index in [1.54, 1.807) is 6.20 Å². The van der Waals surface area contributed by atoms with E-state index in [9.17, 15) is 4.79 Å². The van der Waals surface area contributed by atoms with Crippen LogP contribution in [0.4, 0.5) is 23.3 Å². The number of hydrogen-bond acceptors (Lipinski definition) is 9. The maximum Gasteiger partial charge on any atom is 0.279 e. The molecule has 0 saturated carbocycles. The first-order valence-electron chi connectivity index (χ1n) is 14.0. The third-order valence-corrected chi connectivity index (χ3v) is 7.58. The molecule has 1 saturated heterocycles. The summed E-state index contributed by atoms with van der Waals surface area (Å²) in [4.78, 5) is 29.2. The van der Waals surface area contributed by atoms with E-state index in [-0.39, 0.29) is 16.9 Å². The lowest BCUT2D eigenvalue weighted by atomic mass is 9.86. The Morgan fingerprint density at radius 3 is 2.45 bits per heavy atom. The highest BCUT2D eigenvalue weighted by Crippen LogP contribution is 2.28. The molecule has 3 N–H and O–H groups in total. The third-order valence-electron chi connectivity index (χ3n) is 7.58. The van der Waals surface area contributed by atoms with Crippen LogP contribution in [-0.4, -0.2) is 51.0 Å². The molecule has 42 heavy (non-hydrogen) atoms. The molecular weight excluding hydrogens is 528 g/mol. The van der Waals surface area contributed by atoms with E-state index in [0.29, 0.717) is 22.8 Å². The van der Waals surface area contributed by atoms with E-state index >= 15 is 0 Å². The Morgan fingerprint density at radius 1 is 0.952 bits per heavy atom. The Morgan fingerprint density at radius 2 is 1.71 bits per heavy atom. The Kier molecular flexibility index (Phi) is 7.07. The number of nitrogens with two attached hydrogens (primary N) is 1. The number of benzene rings is 3. The van der Waals surface area contributed by atoms with Gasteiger partial charge in [0.1, 0.15) is 0 Å². The summed E-state index contributed by atoms with van der Waals surface area (Å²) in [6.45, 7) is 11.6. The number of nitrogens with zero attached hydrogens (tertiary/aromatic N) is 6. The molecule has 0 aliphatic carbocycles. The van der Waals surface area contributed by atoms with Crippen LogP contribution < -0.4 is 21.5 Å². The van der Waals surface area contributed by atoms with Crippen LogP contribution in [0.15, 0.2) is 71.7 Å². The smallest absolute Gasteiger partial charge is 0.279 e. The summed E-state index contributed by atoms with van der Waals surface area (Å²) in [7, 11) is 0. The lowest BCUT2D eigenvalue weighted by Gasteiger charge is -2.28. The quantitative estimate of drug-likeness (QED) is 0.304. The van der Waals surface area contributed by atoms with E-state index in [0.717, 1.165) is 59.8 Å². The van der Waals surface area contributed by atoms with Gasteiger partial charge in [-0.15, -0.1) is 0 Å². The van der Waals surface area contributed by atoms with Gasteiger partial charge in [0.15, 0.2) is 5.82 Å². The lowest BCUT2D eigenvalue weighted by Crippen LogP contribution is -2.36. The van der Waals surface area contributed by atoms with Crippen molar-refractivity contribution in [3.05, 3.63) is 88.3 Å². The van der Waals surface area contributed by atoms with Crippen molar-refractivity contribution in [3.63, 3.8) is 0 Å². The third kappa shape index (κ3) is 5.40. The molecule has 1 fully saturated rings. The molecule has 0 radical (unpaired) electrons. The molecule has 2 aromatic heterocycles. The van der Waals surface area contributed by atoms with Crippen molar-refractivity contribution in [2.75, 3.05) is 42.3 Å². The van der Waals surface area contributed by atoms with Crippen LogP contribution >= 0.6 is 0 Å². The van der Waals surface area contributed by atoms with Gasteiger partial charge in [-0.25, -0.2) is 0 Å². The summed E-state index contributed by atoms with van der Waals surface area (Å²) in [6.07, 6.45) is 1.74. The van der Waals surface area contributed by atoms with Crippen LogP contribution in [0.5, 0.6) is 0 Å². The second kappa shape index (κ2) is 10.9. The first kappa shape index (κ1) is 27.3. The van der Waals surface area contributed by atoms with Crippen LogP contribution in [0.1, 0.15) is 31.9 Å². The molecule has 1 aliphatic heterocycles. The predicted octanol–water partition coefficient (Wildman–Crippen LogP) is 5.01. The summed E-state index contributed by atoms with van der Waals surface area (Å²) in [5.74, 6) is 0.822. The Labute approximate surface area is 244 Å². The number of anilines is 4. The van der Waals surface area contributed by atoms with E-state index in [1.807, 2.05) is 55.5 Å². The Hall–Kier alpha value is -4.83. The predicted molar refractivity (Wildman–Crippen MR) is 167 cm³/mol. The fourth-order valence-electron chi connectivity index (χ4n) is 5.16. The van der Waals surface area contributed by atoms with Crippen LogP contribution in [0.25, 0.3) is 27.8 Å². The maximum absolute atomic E-state index is 13.5. The lowest BCUT2D eigenvalue weighted by molar-refractivity contribution is 0.122. The largest absolute Gasteiger partial charge is 0.378 e. The van der Waals surface area contributed by atoms with Crippen molar-refractivity contribution in [2.24, 2.45) is 0 Å². The summed E-state index contributed by atoms with van der Waals surface area (Å²) < 4.78 is 6.88. The first-order valence-corrected chi connectivity index (χ1v) is 14.0. The average Bonchev–Trinajstić information content (AvgIpc) is 2.98. The molecule has 214 valence electrons. The zero-order valence-corrected chi connectivity index (χ0v) is 24.3. The van der Waals surface area contributed by atoms with Gasteiger partial charge in [-0.3, -0.25) is 4.79 Å². The van der Waals surface area contributed by atoms with E-state index < -0.39 is 0 Å². The van der Waals surface area contributed by atoms with Crippen molar-refractivity contribution in [1.29, 1.82) is 0 Å². The summed E-state index contributed by atoms with van der Waals surface area (Å²) in [5, 5.41) is 9.20. The highest BCUT2D eigenvalue weighted by atomic mass is 16.5. The molecule has 0 spiro atoms. The molecule has 0 unspecified atom stereocenters. The molecule has 3 aromatic carbocycles. The fourth-order valence-corrected chi connectivity index (χ4v) is 5.16. The highest BCUT2D eigenvalue weighted by Gasteiger charge is 2.18. The zero-order chi connectivity index (χ0) is 29.4. The van der Waals surface area contributed by atoms with Gasteiger partial charge in [0.25, 0.3) is 5.56 Å². The minimum absolute atomic E-state index is 0.0273. The Bertz CT molecular complexity index is 1820. The van der Waals surface area contributed by atoms with E-state index in [4.69, 9.17) is 10.5 Å². The number of nitrogen functional groups attached to an aromatic ring is 1. The summed E-state index contributed by atoms with van der Waals surface area (Å²) in [6, 6.07) is 19.6. The van der Waals surface area contributed by atoms with Crippen LogP contribution in [-0.2, 0) is 10.2 Å². The monoisotopic (exact) mass is 562 g/mol. The van der Waals surface area contributed by atoms with Gasteiger partial charge in [0, 0.05) is 35.4 Å². The fraction of sp³-hybridized carbons (Fsp3) is 0.281. The first-order chi connectivity index (χ1) is 20.2. The zero-order valence-electron chi connectivity index (χ0n) is 24.3. The molecule has 3 heterocycles. The summed E-state index contributed by atoms with van der Waals surface area (Å²) >= 11 is 0. The van der Waals surface area contributed by atoms with Gasteiger partial charge in [0.2, 0.25) is 11.9 Å². The second-order valence-corrected chi connectivity index (χ2v) is 11.5.